The highest BCUT2D eigenvalue weighted by molar-refractivity contribution is 5.09. The van der Waals surface area contributed by atoms with E-state index >= 15 is 0 Å². The van der Waals surface area contributed by atoms with Gasteiger partial charge in [0.2, 0.25) is 0 Å². The summed E-state index contributed by atoms with van der Waals surface area (Å²) in [5.41, 5.74) is 1.94. The van der Waals surface area contributed by atoms with Crippen LogP contribution in [-0.2, 0) is 0 Å². The van der Waals surface area contributed by atoms with E-state index in [1.807, 2.05) is 5.48 Å². The summed E-state index contributed by atoms with van der Waals surface area (Å²) in [6, 6.07) is 2.96. The lowest BCUT2D eigenvalue weighted by molar-refractivity contribution is 0.0798. The molecule has 4 nitrogen and oxygen atoms in total. The first-order valence-electron chi connectivity index (χ1n) is 3.34. The Morgan fingerprint density at radius 1 is 1.64 bits per heavy atom. The first-order chi connectivity index (χ1) is 5.27. The summed E-state index contributed by atoms with van der Waals surface area (Å²) in [7, 11) is 0. The van der Waals surface area contributed by atoms with Crippen LogP contribution in [0.25, 0.3) is 0 Å². The molecule has 11 heavy (non-hydrogen) atoms. The highest BCUT2D eigenvalue weighted by atomic mass is 16.5. The smallest absolute Gasteiger partial charge is 0.125 e. The molecule has 0 bridgehead atoms. The summed E-state index contributed by atoms with van der Waals surface area (Å²) in [4.78, 5) is 0. The van der Waals surface area contributed by atoms with Gasteiger partial charge in [0.25, 0.3) is 0 Å². The monoisotopic (exact) mass is 157 g/mol. The number of furan rings is 1. The Morgan fingerprint density at radius 3 is 2.73 bits per heavy atom. The number of rotatable bonds is 3. The molecule has 0 aromatic carbocycles. The van der Waals surface area contributed by atoms with E-state index in [1.54, 1.807) is 19.1 Å². The molecule has 0 aliphatic carbocycles. The Labute approximate surface area is 64.4 Å². The van der Waals surface area contributed by atoms with Crippen LogP contribution in [0.15, 0.2) is 16.5 Å². The molecule has 0 amide bonds. The fourth-order valence-corrected chi connectivity index (χ4v) is 0.835. The van der Waals surface area contributed by atoms with Crippen molar-refractivity contribution in [2.45, 2.75) is 13.0 Å². The topological polar surface area (TPSA) is 65.6 Å². The van der Waals surface area contributed by atoms with E-state index in [2.05, 4.69) is 0 Å². The summed E-state index contributed by atoms with van der Waals surface area (Å²) in [6.45, 7) is 1.61. The Bertz CT molecular complexity index is 217. The van der Waals surface area contributed by atoms with E-state index in [0.29, 0.717) is 5.76 Å². The molecule has 0 radical (unpaired) electrons. The zero-order chi connectivity index (χ0) is 8.27. The van der Waals surface area contributed by atoms with Crippen molar-refractivity contribution in [2.24, 2.45) is 0 Å². The van der Waals surface area contributed by atoms with E-state index in [1.165, 1.54) is 0 Å². The Morgan fingerprint density at radius 2 is 2.36 bits per heavy atom. The molecule has 62 valence electrons. The van der Waals surface area contributed by atoms with Crippen molar-refractivity contribution in [3.63, 3.8) is 0 Å². The molecule has 1 aromatic heterocycles. The second-order valence-electron chi connectivity index (χ2n) is 2.31. The van der Waals surface area contributed by atoms with Crippen LogP contribution in [0.1, 0.15) is 17.6 Å². The third-order valence-corrected chi connectivity index (χ3v) is 1.44. The lowest BCUT2D eigenvalue weighted by Crippen LogP contribution is -2.19. The first-order valence-corrected chi connectivity index (χ1v) is 3.34. The van der Waals surface area contributed by atoms with Crippen molar-refractivity contribution in [2.75, 3.05) is 6.61 Å². The fourth-order valence-electron chi connectivity index (χ4n) is 0.835. The summed E-state index contributed by atoms with van der Waals surface area (Å²) in [6.07, 6.45) is 0. The molecule has 0 saturated carbocycles. The van der Waals surface area contributed by atoms with Gasteiger partial charge in [0, 0.05) is 0 Å². The van der Waals surface area contributed by atoms with Gasteiger partial charge in [-0.15, -0.1) is 0 Å². The normalized spacial score (nSPS) is 13.4. The molecule has 0 aliphatic rings. The standard InChI is InChI=1S/C7H11NO3/c1-5-2-3-7(11-5)6(4-9)8-10/h2-3,6,8-10H,4H2,1H3/t6-/m1/s1. The number of nitrogens with one attached hydrogen (secondary N) is 1. The lowest BCUT2D eigenvalue weighted by atomic mass is 10.2. The summed E-state index contributed by atoms with van der Waals surface area (Å²) < 4.78 is 5.14. The largest absolute Gasteiger partial charge is 0.465 e. The lowest BCUT2D eigenvalue weighted by Gasteiger charge is -2.07. The van der Waals surface area contributed by atoms with E-state index in [-0.39, 0.29) is 6.61 Å². The third kappa shape index (κ3) is 1.80. The quantitative estimate of drug-likeness (QED) is 0.562. The van der Waals surface area contributed by atoms with Crippen LogP contribution in [0.2, 0.25) is 0 Å². The summed E-state index contributed by atoms with van der Waals surface area (Å²) in [5, 5.41) is 17.2. The number of aryl methyl sites for hydroxylation is 1. The maximum absolute atomic E-state index is 8.71. The third-order valence-electron chi connectivity index (χ3n) is 1.44. The molecule has 1 heterocycles. The molecule has 1 atom stereocenters. The number of hydrogen-bond donors (Lipinski definition) is 3. The van der Waals surface area contributed by atoms with Gasteiger partial charge in [0.05, 0.1) is 6.61 Å². The molecule has 0 aliphatic heterocycles. The summed E-state index contributed by atoms with van der Waals surface area (Å²) >= 11 is 0. The van der Waals surface area contributed by atoms with Crippen LogP contribution in [0.5, 0.6) is 0 Å². The molecule has 4 heteroatoms. The second-order valence-corrected chi connectivity index (χ2v) is 2.31. The van der Waals surface area contributed by atoms with E-state index in [9.17, 15) is 0 Å². The minimum absolute atomic E-state index is 0.191. The molecule has 0 fully saturated rings. The fraction of sp³-hybridized carbons (Fsp3) is 0.429. The number of hydrogen-bond acceptors (Lipinski definition) is 4. The van der Waals surface area contributed by atoms with Crippen molar-refractivity contribution in [1.29, 1.82) is 0 Å². The van der Waals surface area contributed by atoms with Crippen molar-refractivity contribution >= 4 is 0 Å². The predicted molar refractivity (Wildman–Crippen MR) is 38.2 cm³/mol. The molecule has 3 N–H and O–H groups in total. The van der Waals surface area contributed by atoms with Gasteiger partial charge in [0.1, 0.15) is 17.6 Å². The molecule has 1 rings (SSSR count). The summed E-state index contributed by atoms with van der Waals surface area (Å²) in [5.74, 6) is 1.29. The van der Waals surface area contributed by atoms with Gasteiger partial charge >= 0.3 is 0 Å². The van der Waals surface area contributed by atoms with Crippen molar-refractivity contribution < 1.29 is 14.7 Å². The van der Waals surface area contributed by atoms with Gasteiger partial charge in [0.15, 0.2) is 0 Å². The van der Waals surface area contributed by atoms with Crippen LogP contribution >= 0.6 is 0 Å². The highest BCUT2D eigenvalue weighted by Crippen LogP contribution is 2.14. The molecule has 0 spiro atoms. The highest BCUT2D eigenvalue weighted by Gasteiger charge is 2.11. The number of aliphatic hydroxyl groups is 1. The average molecular weight is 157 g/mol. The number of aliphatic hydroxyl groups excluding tert-OH is 1. The average Bonchev–Trinajstić information content (AvgIpc) is 2.39. The maximum Gasteiger partial charge on any atom is 0.125 e. The minimum atomic E-state index is -0.524. The van der Waals surface area contributed by atoms with Crippen molar-refractivity contribution in [3.05, 3.63) is 23.7 Å². The van der Waals surface area contributed by atoms with Gasteiger partial charge < -0.3 is 14.7 Å². The van der Waals surface area contributed by atoms with Crippen LogP contribution < -0.4 is 5.48 Å². The van der Waals surface area contributed by atoms with Gasteiger partial charge in [-0.1, -0.05) is 0 Å². The SMILES string of the molecule is Cc1ccc([C@@H](CO)NO)o1. The van der Waals surface area contributed by atoms with E-state index < -0.39 is 6.04 Å². The van der Waals surface area contributed by atoms with Crippen LogP contribution in [0.4, 0.5) is 0 Å². The van der Waals surface area contributed by atoms with Crippen LogP contribution in [0, 0.1) is 6.92 Å². The van der Waals surface area contributed by atoms with Gasteiger partial charge in [-0.3, -0.25) is 0 Å². The maximum atomic E-state index is 8.71. The second kappa shape index (κ2) is 3.52. The van der Waals surface area contributed by atoms with Crippen LogP contribution in [0.3, 0.4) is 0 Å². The van der Waals surface area contributed by atoms with E-state index in [0.717, 1.165) is 5.76 Å². The minimum Gasteiger partial charge on any atom is -0.465 e. The molecule has 1 aromatic rings. The Kier molecular flexibility index (Phi) is 2.64. The van der Waals surface area contributed by atoms with Crippen molar-refractivity contribution in [3.8, 4) is 0 Å². The van der Waals surface area contributed by atoms with Crippen LogP contribution in [-0.4, -0.2) is 16.9 Å². The Balaban J connectivity index is 2.73. The molecular weight excluding hydrogens is 146 g/mol. The molecular formula is C7H11NO3. The molecule has 0 saturated heterocycles. The zero-order valence-electron chi connectivity index (χ0n) is 6.24. The zero-order valence-corrected chi connectivity index (χ0v) is 6.24. The van der Waals surface area contributed by atoms with Gasteiger partial charge in [-0.05, 0) is 19.1 Å². The first kappa shape index (κ1) is 8.26. The van der Waals surface area contributed by atoms with Crippen molar-refractivity contribution in [1.82, 2.24) is 5.48 Å². The Hall–Kier alpha value is -0.840. The van der Waals surface area contributed by atoms with Gasteiger partial charge in [-0.25, -0.2) is 0 Å². The van der Waals surface area contributed by atoms with Gasteiger partial charge in [-0.2, -0.15) is 5.48 Å². The predicted octanol–water partition coefficient (Wildman–Crippen LogP) is 0.600. The number of hydroxylamine groups is 1. The van der Waals surface area contributed by atoms with E-state index in [4.69, 9.17) is 14.7 Å². The molecule has 0 unspecified atom stereocenters.